The van der Waals surface area contributed by atoms with Crippen molar-refractivity contribution in [1.82, 2.24) is 10.6 Å². The SMILES string of the molecule is CCOC(=O)CCCNC(=O)NCC1(c2ccccc2)CCCC1. The van der Waals surface area contributed by atoms with Crippen LogP contribution in [0.4, 0.5) is 4.79 Å². The van der Waals surface area contributed by atoms with Crippen molar-refractivity contribution < 1.29 is 14.3 Å². The van der Waals surface area contributed by atoms with E-state index in [-0.39, 0.29) is 17.4 Å². The number of hydrogen-bond donors (Lipinski definition) is 2. The van der Waals surface area contributed by atoms with Crippen LogP contribution >= 0.6 is 0 Å². The summed E-state index contributed by atoms with van der Waals surface area (Å²) >= 11 is 0. The van der Waals surface area contributed by atoms with Crippen LogP contribution < -0.4 is 10.6 Å². The van der Waals surface area contributed by atoms with E-state index in [9.17, 15) is 9.59 Å². The maximum Gasteiger partial charge on any atom is 0.314 e. The molecule has 0 aromatic heterocycles. The number of benzene rings is 1. The summed E-state index contributed by atoms with van der Waals surface area (Å²) in [5.74, 6) is -0.214. The van der Waals surface area contributed by atoms with Gasteiger partial charge in [-0.2, -0.15) is 0 Å². The van der Waals surface area contributed by atoms with E-state index in [1.807, 2.05) is 6.07 Å². The van der Waals surface area contributed by atoms with Crippen LogP contribution in [0.1, 0.15) is 51.0 Å². The molecule has 0 bridgehead atoms. The molecule has 0 spiro atoms. The van der Waals surface area contributed by atoms with Gasteiger partial charge in [-0.3, -0.25) is 4.79 Å². The number of esters is 1. The average Bonchev–Trinajstić information content (AvgIpc) is 3.08. The topological polar surface area (TPSA) is 67.4 Å². The number of rotatable bonds is 8. The number of urea groups is 1. The fraction of sp³-hybridized carbons (Fsp3) is 0.579. The van der Waals surface area contributed by atoms with Crippen LogP contribution in [-0.4, -0.2) is 31.7 Å². The third-order valence-corrected chi connectivity index (χ3v) is 4.68. The monoisotopic (exact) mass is 332 g/mol. The smallest absolute Gasteiger partial charge is 0.314 e. The van der Waals surface area contributed by atoms with Crippen LogP contribution in [0.15, 0.2) is 30.3 Å². The van der Waals surface area contributed by atoms with Gasteiger partial charge in [-0.25, -0.2) is 4.79 Å². The van der Waals surface area contributed by atoms with Gasteiger partial charge in [0.1, 0.15) is 0 Å². The molecule has 0 radical (unpaired) electrons. The largest absolute Gasteiger partial charge is 0.466 e. The van der Waals surface area contributed by atoms with Crippen molar-refractivity contribution in [3.63, 3.8) is 0 Å². The van der Waals surface area contributed by atoms with E-state index < -0.39 is 0 Å². The van der Waals surface area contributed by atoms with E-state index in [0.717, 1.165) is 12.8 Å². The molecule has 0 atom stereocenters. The third-order valence-electron chi connectivity index (χ3n) is 4.68. The zero-order valence-corrected chi connectivity index (χ0v) is 14.5. The van der Waals surface area contributed by atoms with Crippen LogP contribution in [-0.2, 0) is 14.9 Å². The Kier molecular flexibility index (Phi) is 7.09. The van der Waals surface area contributed by atoms with E-state index in [1.165, 1.54) is 18.4 Å². The van der Waals surface area contributed by atoms with Crippen molar-refractivity contribution in [2.45, 2.75) is 50.9 Å². The van der Waals surface area contributed by atoms with Gasteiger partial charge in [-0.05, 0) is 31.7 Å². The van der Waals surface area contributed by atoms with Crippen molar-refractivity contribution in [3.05, 3.63) is 35.9 Å². The van der Waals surface area contributed by atoms with Crippen LogP contribution in [0.3, 0.4) is 0 Å². The average molecular weight is 332 g/mol. The number of carbonyl (C=O) groups is 2. The molecule has 2 amide bonds. The lowest BCUT2D eigenvalue weighted by Crippen LogP contribution is -2.44. The van der Waals surface area contributed by atoms with Gasteiger partial charge in [0.2, 0.25) is 0 Å². The molecule has 0 aliphatic heterocycles. The van der Waals surface area contributed by atoms with Gasteiger partial charge in [0.05, 0.1) is 6.61 Å². The van der Waals surface area contributed by atoms with E-state index in [2.05, 4.69) is 34.9 Å². The number of carbonyl (C=O) groups excluding carboxylic acids is 2. The van der Waals surface area contributed by atoms with Crippen LogP contribution in [0.25, 0.3) is 0 Å². The van der Waals surface area contributed by atoms with Crippen molar-refractivity contribution in [1.29, 1.82) is 0 Å². The Morgan fingerprint density at radius 2 is 1.83 bits per heavy atom. The first-order chi connectivity index (χ1) is 11.7. The molecule has 1 aromatic carbocycles. The Hall–Kier alpha value is -2.04. The Morgan fingerprint density at radius 3 is 2.50 bits per heavy atom. The summed E-state index contributed by atoms with van der Waals surface area (Å²) in [5.41, 5.74) is 1.37. The summed E-state index contributed by atoms with van der Waals surface area (Å²) in [7, 11) is 0. The molecule has 1 aliphatic carbocycles. The summed E-state index contributed by atoms with van der Waals surface area (Å²) < 4.78 is 4.86. The Bertz CT molecular complexity index is 525. The van der Waals surface area contributed by atoms with Crippen molar-refractivity contribution >= 4 is 12.0 Å². The van der Waals surface area contributed by atoms with Gasteiger partial charge >= 0.3 is 12.0 Å². The highest BCUT2D eigenvalue weighted by Crippen LogP contribution is 2.40. The Balaban J connectivity index is 1.74. The molecule has 24 heavy (non-hydrogen) atoms. The third kappa shape index (κ3) is 5.25. The van der Waals surface area contributed by atoms with E-state index >= 15 is 0 Å². The van der Waals surface area contributed by atoms with Gasteiger partial charge < -0.3 is 15.4 Å². The van der Waals surface area contributed by atoms with Gasteiger partial charge in [0.25, 0.3) is 0 Å². The molecule has 1 aromatic rings. The molecule has 0 unspecified atom stereocenters. The number of nitrogens with one attached hydrogen (secondary N) is 2. The molecule has 2 N–H and O–H groups in total. The molecule has 0 saturated heterocycles. The predicted molar refractivity (Wildman–Crippen MR) is 93.9 cm³/mol. The second-order valence-corrected chi connectivity index (χ2v) is 6.37. The highest BCUT2D eigenvalue weighted by atomic mass is 16.5. The molecule has 5 heteroatoms. The molecule has 5 nitrogen and oxygen atoms in total. The minimum absolute atomic E-state index is 0.0591. The van der Waals surface area contributed by atoms with Gasteiger partial charge in [0, 0.05) is 24.9 Å². The molecule has 1 aliphatic rings. The maximum absolute atomic E-state index is 12.0. The normalized spacial score (nSPS) is 15.7. The molecule has 1 fully saturated rings. The quantitative estimate of drug-likeness (QED) is 0.568. The van der Waals surface area contributed by atoms with Gasteiger partial charge in [0.15, 0.2) is 0 Å². The van der Waals surface area contributed by atoms with Crippen molar-refractivity contribution in [2.75, 3.05) is 19.7 Å². The zero-order valence-electron chi connectivity index (χ0n) is 14.5. The van der Waals surface area contributed by atoms with E-state index in [1.54, 1.807) is 6.92 Å². The van der Waals surface area contributed by atoms with E-state index in [0.29, 0.717) is 32.5 Å². The first-order valence-corrected chi connectivity index (χ1v) is 8.89. The second-order valence-electron chi connectivity index (χ2n) is 6.37. The Morgan fingerprint density at radius 1 is 1.12 bits per heavy atom. The van der Waals surface area contributed by atoms with Crippen LogP contribution in [0, 0.1) is 0 Å². The summed E-state index contributed by atoms with van der Waals surface area (Å²) in [6.45, 7) is 3.31. The fourth-order valence-corrected chi connectivity index (χ4v) is 3.39. The lowest BCUT2D eigenvalue weighted by atomic mass is 9.79. The zero-order chi connectivity index (χ0) is 17.3. The van der Waals surface area contributed by atoms with Crippen molar-refractivity contribution in [3.8, 4) is 0 Å². The Labute approximate surface area is 144 Å². The number of hydrogen-bond acceptors (Lipinski definition) is 3. The summed E-state index contributed by atoms with van der Waals surface area (Å²) in [4.78, 5) is 23.2. The van der Waals surface area contributed by atoms with Gasteiger partial charge in [-0.15, -0.1) is 0 Å². The predicted octanol–water partition coefficient (Wildman–Crippen LogP) is 3.14. The maximum atomic E-state index is 12.0. The standard InChI is InChI=1S/C19H28N2O3/c1-2-24-17(22)11-8-14-20-18(23)21-15-19(12-6-7-13-19)16-9-4-3-5-10-16/h3-5,9-10H,2,6-8,11-15H2,1H3,(H2,20,21,23). The van der Waals surface area contributed by atoms with Gasteiger partial charge in [-0.1, -0.05) is 43.2 Å². The highest BCUT2D eigenvalue weighted by molar-refractivity contribution is 5.74. The molecule has 0 heterocycles. The lowest BCUT2D eigenvalue weighted by molar-refractivity contribution is -0.143. The molecule has 2 rings (SSSR count). The summed E-state index contributed by atoms with van der Waals surface area (Å²) in [6.07, 6.45) is 5.56. The molecule has 132 valence electrons. The van der Waals surface area contributed by atoms with Crippen LogP contribution in [0.2, 0.25) is 0 Å². The minimum atomic E-state index is -0.214. The fourth-order valence-electron chi connectivity index (χ4n) is 3.39. The first kappa shape index (κ1) is 18.3. The minimum Gasteiger partial charge on any atom is -0.466 e. The van der Waals surface area contributed by atoms with Crippen LogP contribution in [0.5, 0.6) is 0 Å². The van der Waals surface area contributed by atoms with E-state index in [4.69, 9.17) is 4.74 Å². The molecular formula is C19H28N2O3. The lowest BCUT2D eigenvalue weighted by Gasteiger charge is -2.30. The summed E-state index contributed by atoms with van der Waals surface area (Å²) in [6, 6.07) is 10.3. The number of amides is 2. The molecular weight excluding hydrogens is 304 g/mol. The summed E-state index contributed by atoms with van der Waals surface area (Å²) in [5, 5.41) is 5.83. The first-order valence-electron chi connectivity index (χ1n) is 8.89. The second kappa shape index (κ2) is 9.30. The molecule has 1 saturated carbocycles. The number of ether oxygens (including phenoxy) is 1. The highest BCUT2D eigenvalue weighted by Gasteiger charge is 2.35. The van der Waals surface area contributed by atoms with Crippen molar-refractivity contribution in [2.24, 2.45) is 0 Å².